The van der Waals surface area contributed by atoms with Crippen LogP contribution in [0.25, 0.3) is 10.9 Å². The number of aromatic amines is 1. The van der Waals surface area contributed by atoms with E-state index in [1.54, 1.807) is 0 Å². The average Bonchev–Trinajstić information content (AvgIpc) is 2.94. The maximum absolute atomic E-state index is 12.2. The minimum absolute atomic E-state index is 0.0873. The first-order valence-electron chi connectivity index (χ1n) is 6.81. The third-order valence-electron chi connectivity index (χ3n) is 3.36. The van der Waals surface area contributed by atoms with Crippen molar-refractivity contribution in [1.82, 2.24) is 15.6 Å². The Bertz CT molecular complexity index is 768. The summed E-state index contributed by atoms with van der Waals surface area (Å²) in [4.78, 5) is 36.9. The van der Waals surface area contributed by atoms with Gasteiger partial charge in [-0.3, -0.25) is 19.7 Å². The van der Waals surface area contributed by atoms with Gasteiger partial charge in [0.25, 0.3) is 11.6 Å². The van der Waals surface area contributed by atoms with E-state index < -0.39 is 28.9 Å². The molecule has 4 N–H and O–H groups in total. The molecule has 0 aliphatic carbocycles. The molecule has 0 aliphatic heterocycles. The summed E-state index contributed by atoms with van der Waals surface area (Å²) >= 11 is 0. The number of nitro groups is 1. The molecule has 0 saturated carbocycles. The molecule has 9 heteroatoms. The molecule has 1 aromatic carbocycles. The van der Waals surface area contributed by atoms with Crippen LogP contribution in [0.1, 0.15) is 17.4 Å². The van der Waals surface area contributed by atoms with Gasteiger partial charge in [-0.25, -0.2) is 0 Å². The van der Waals surface area contributed by atoms with E-state index in [0.29, 0.717) is 10.9 Å². The molecule has 23 heavy (non-hydrogen) atoms. The van der Waals surface area contributed by atoms with Crippen molar-refractivity contribution in [3.8, 4) is 0 Å². The second kappa shape index (κ2) is 6.44. The van der Waals surface area contributed by atoms with Crippen LogP contribution in [-0.4, -0.2) is 46.0 Å². The van der Waals surface area contributed by atoms with Gasteiger partial charge in [0.2, 0.25) is 5.91 Å². The highest BCUT2D eigenvalue weighted by atomic mass is 16.6. The molecule has 9 nitrogen and oxygen atoms in total. The fourth-order valence-electron chi connectivity index (χ4n) is 2.14. The maximum Gasteiger partial charge on any atom is 0.270 e. The van der Waals surface area contributed by atoms with Gasteiger partial charge in [0.05, 0.1) is 11.0 Å². The fraction of sp³-hybridized carbons (Fsp3) is 0.286. The molecular weight excluding hydrogens is 304 g/mol. The van der Waals surface area contributed by atoms with E-state index in [0.717, 1.165) is 0 Å². The molecule has 0 spiro atoms. The van der Waals surface area contributed by atoms with Crippen molar-refractivity contribution in [3.63, 3.8) is 0 Å². The number of carbonyl (C=O) groups is 2. The largest absolute Gasteiger partial charge is 0.391 e. The van der Waals surface area contributed by atoms with E-state index in [1.165, 1.54) is 38.2 Å². The number of benzene rings is 1. The maximum atomic E-state index is 12.2. The Morgan fingerprint density at radius 1 is 1.35 bits per heavy atom. The molecule has 1 aromatic heterocycles. The molecule has 0 bridgehead atoms. The zero-order valence-corrected chi connectivity index (χ0v) is 12.5. The predicted octanol–water partition coefficient (Wildman–Crippen LogP) is 0.301. The number of H-pyrrole nitrogens is 1. The first-order chi connectivity index (χ1) is 10.8. The lowest BCUT2D eigenvalue weighted by Crippen LogP contribution is -2.51. The second-order valence-electron chi connectivity index (χ2n) is 5.02. The highest BCUT2D eigenvalue weighted by molar-refractivity contribution is 6.00. The van der Waals surface area contributed by atoms with Gasteiger partial charge in [0.1, 0.15) is 11.7 Å². The van der Waals surface area contributed by atoms with Gasteiger partial charge in [-0.2, -0.15) is 0 Å². The Balaban J connectivity index is 2.27. The zero-order valence-electron chi connectivity index (χ0n) is 12.5. The molecule has 2 amide bonds. The summed E-state index contributed by atoms with van der Waals surface area (Å²) in [5, 5.41) is 25.6. The van der Waals surface area contributed by atoms with Crippen molar-refractivity contribution < 1.29 is 19.6 Å². The van der Waals surface area contributed by atoms with Gasteiger partial charge >= 0.3 is 0 Å². The second-order valence-corrected chi connectivity index (χ2v) is 5.02. The Morgan fingerprint density at radius 2 is 2.04 bits per heavy atom. The number of aliphatic hydroxyl groups is 1. The van der Waals surface area contributed by atoms with Crippen LogP contribution in [0, 0.1) is 10.1 Å². The number of rotatable bonds is 5. The predicted molar refractivity (Wildman–Crippen MR) is 82.0 cm³/mol. The number of carbonyl (C=O) groups excluding carboxylic acids is 2. The van der Waals surface area contributed by atoms with Crippen LogP contribution in [-0.2, 0) is 4.79 Å². The molecule has 0 radical (unpaired) electrons. The van der Waals surface area contributed by atoms with Gasteiger partial charge in [0.15, 0.2) is 0 Å². The molecule has 122 valence electrons. The van der Waals surface area contributed by atoms with E-state index in [1.807, 2.05) is 0 Å². The van der Waals surface area contributed by atoms with Gasteiger partial charge in [0, 0.05) is 30.1 Å². The SMILES string of the molecule is CNC(=O)[C@@H](NC(=O)c1cc2cc([N+](=O)[O-])ccc2[nH]1)[C@@H](C)O. The Hall–Kier alpha value is -2.94. The van der Waals surface area contributed by atoms with E-state index in [2.05, 4.69) is 15.6 Å². The van der Waals surface area contributed by atoms with Gasteiger partial charge in [-0.15, -0.1) is 0 Å². The Kier molecular flexibility index (Phi) is 4.60. The number of aromatic nitrogens is 1. The summed E-state index contributed by atoms with van der Waals surface area (Å²) in [5.41, 5.74) is 0.597. The fourth-order valence-corrected chi connectivity index (χ4v) is 2.14. The molecule has 2 rings (SSSR count). The number of nitrogens with zero attached hydrogens (tertiary/aromatic N) is 1. The van der Waals surface area contributed by atoms with E-state index >= 15 is 0 Å². The van der Waals surface area contributed by atoms with Crippen LogP contribution in [0.5, 0.6) is 0 Å². The summed E-state index contributed by atoms with van der Waals surface area (Å²) in [6.07, 6.45) is -1.08. The summed E-state index contributed by atoms with van der Waals surface area (Å²) in [7, 11) is 1.39. The lowest BCUT2D eigenvalue weighted by Gasteiger charge is -2.19. The first kappa shape index (κ1) is 16.4. The van der Waals surface area contributed by atoms with Crippen molar-refractivity contribution in [1.29, 1.82) is 0 Å². The van der Waals surface area contributed by atoms with Crippen LogP contribution in [0.4, 0.5) is 5.69 Å². The number of amides is 2. The van der Waals surface area contributed by atoms with Crippen LogP contribution >= 0.6 is 0 Å². The van der Waals surface area contributed by atoms with Gasteiger partial charge in [-0.1, -0.05) is 0 Å². The van der Waals surface area contributed by atoms with Gasteiger partial charge < -0.3 is 20.7 Å². The van der Waals surface area contributed by atoms with E-state index in [-0.39, 0.29) is 11.4 Å². The molecule has 2 atom stereocenters. The van der Waals surface area contributed by atoms with E-state index in [4.69, 9.17) is 0 Å². The quantitative estimate of drug-likeness (QED) is 0.464. The number of hydrogen-bond donors (Lipinski definition) is 4. The first-order valence-corrected chi connectivity index (χ1v) is 6.81. The Labute approximate surface area is 130 Å². The number of fused-ring (bicyclic) bond motifs is 1. The molecule has 1 heterocycles. The smallest absolute Gasteiger partial charge is 0.270 e. The number of aliphatic hydroxyl groups excluding tert-OH is 1. The average molecular weight is 320 g/mol. The van der Waals surface area contributed by atoms with Crippen molar-refractivity contribution >= 4 is 28.4 Å². The number of nitro benzene ring substituents is 1. The topological polar surface area (TPSA) is 137 Å². The number of likely N-dealkylation sites (N-methyl/N-ethyl adjacent to an activating group) is 1. The minimum Gasteiger partial charge on any atom is -0.391 e. The number of hydrogen-bond acceptors (Lipinski definition) is 5. The van der Waals surface area contributed by atoms with E-state index in [9.17, 15) is 24.8 Å². The van der Waals surface area contributed by atoms with Crippen LogP contribution in [0.3, 0.4) is 0 Å². The van der Waals surface area contributed by atoms with Crippen molar-refractivity contribution in [2.45, 2.75) is 19.1 Å². The van der Waals surface area contributed by atoms with Crippen LogP contribution in [0.15, 0.2) is 24.3 Å². The van der Waals surface area contributed by atoms with Crippen LogP contribution in [0.2, 0.25) is 0 Å². The lowest BCUT2D eigenvalue weighted by atomic mass is 10.1. The van der Waals surface area contributed by atoms with Crippen molar-refractivity contribution in [2.75, 3.05) is 7.05 Å². The third-order valence-corrected chi connectivity index (χ3v) is 3.36. The molecule has 0 unspecified atom stereocenters. The highest BCUT2D eigenvalue weighted by Crippen LogP contribution is 2.21. The summed E-state index contributed by atoms with van der Waals surface area (Å²) in [6.45, 7) is 1.38. The van der Waals surface area contributed by atoms with Crippen LogP contribution < -0.4 is 10.6 Å². The minimum atomic E-state index is -1.10. The molecule has 0 fully saturated rings. The van der Waals surface area contributed by atoms with Gasteiger partial charge in [-0.05, 0) is 19.1 Å². The zero-order chi connectivity index (χ0) is 17.1. The summed E-state index contributed by atoms with van der Waals surface area (Å²) < 4.78 is 0. The standard InChI is InChI=1S/C14H16N4O5/c1-7(19)12(14(21)15-2)17-13(20)11-6-8-5-9(18(22)23)3-4-10(8)16-11/h3-7,12,16,19H,1-2H3,(H,15,21)(H,17,20)/t7-,12+/m1/s1. The monoisotopic (exact) mass is 320 g/mol. The Morgan fingerprint density at radius 3 is 2.61 bits per heavy atom. The normalized spacial score (nSPS) is 13.3. The number of nitrogens with one attached hydrogen (secondary N) is 3. The molecule has 0 aliphatic rings. The number of non-ortho nitro benzene ring substituents is 1. The third kappa shape index (κ3) is 3.46. The molecule has 2 aromatic rings. The summed E-state index contributed by atoms with van der Waals surface area (Å²) in [5.74, 6) is -1.13. The van der Waals surface area contributed by atoms with Crippen molar-refractivity contribution in [2.24, 2.45) is 0 Å². The van der Waals surface area contributed by atoms with Crippen molar-refractivity contribution in [3.05, 3.63) is 40.1 Å². The molecular formula is C14H16N4O5. The lowest BCUT2D eigenvalue weighted by molar-refractivity contribution is -0.384. The highest BCUT2D eigenvalue weighted by Gasteiger charge is 2.25. The summed E-state index contributed by atoms with van der Waals surface area (Å²) in [6, 6.07) is 4.50. The molecule has 0 saturated heterocycles.